The molecule has 1 aromatic carbocycles. The van der Waals surface area contributed by atoms with Crippen LogP contribution < -0.4 is 15.5 Å². The number of H-pyrrole nitrogens is 1. The van der Waals surface area contributed by atoms with Gasteiger partial charge in [0.1, 0.15) is 5.82 Å². The van der Waals surface area contributed by atoms with E-state index in [9.17, 15) is 4.79 Å². The van der Waals surface area contributed by atoms with E-state index in [4.69, 9.17) is 25.5 Å². The minimum Gasteiger partial charge on any atom is -0.376 e. The van der Waals surface area contributed by atoms with Crippen molar-refractivity contribution in [2.45, 2.75) is 57.1 Å². The predicted molar refractivity (Wildman–Crippen MR) is 146 cm³/mol. The van der Waals surface area contributed by atoms with Crippen molar-refractivity contribution in [1.82, 2.24) is 25.1 Å². The molecule has 0 saturated carbocycles. The van der Waals surface area contributed by atoms with Gasteiger partial charge in [-0.05, 0) is 49.8 Å². The lowest BCUT2D eigenvalue weighted by Gasteiger charge is -2.41. The van der Waals surface area contributed by atoms with Crippen LogP contribution in [0.5, 0.6) is 0 Å². The highest BCUT2D eigenvalue weighted by Crippen LogP contribution is 2.43. The number of aromatic amines is 1. The van der Waals surface area contributed by atoms with Crippen molar-refractivity contribution in [2.24, 2.45) is 11.1 Å². The molecule has 3 aromatic rings. The van der Waals surface area contributed by atoms with Gasteiger partial charge in [-0.3, -0.25) is 9.89 Å². The molecule has 3 fully saturated rings. The largest absolute Gasteiger partial charge is 0.376 e. The van der Waals surface area contributed by atoms with Crippen LogP contribution in [0, 0.1) is 5.41 Å². The van der Waals surface area contributed by atoms with Gasteiger partial charge in [-0.1, -0.05) is 12.1 Å². The standard InChI is InChI=1S/C28H36N8O2/c1-17-25(29)28(16-38-17)8-11-35(12-9-28)22-14-30-24-26(31-22)32-33-27(24)36-10-4-6-20-19(5-3-7-21(20)36)18-13-23(37)34(2)15-18/h3,5,7,14,17-18,25H,4,6,8-13,15-16,29H2,1-2H3,(H,31,32,33)/t17-,18-,25+/m0/s1. The number of nitrogens with one attached hydrogen (secondary N) is 1. The van der Waals surface area contributed by atoms with Crippen LogP contribution in [0.3, 0.4) is 0 Å². The van der Waals surface area contributed by atoms with Crippen molar-refractivity contribution in [3.63, 3.8) is 0 Å². The van der Waals surface area contributed by atoms with Crippen molar-refractivity contribution in [3.05, 3.63) is 35.5 Å². The Balaban J connectivity index is 1.14. The normalized spacial score (nSPS) is 27.1. The second-order valence-electron chi connectivity index (χ2n) is 11.6. The summed E-state index contributed by atoms with van der Waals surface area (Å²) < 4.78 is 5.88. The van der Waals surface area contributed by atoms with E-state index in [1.54, 1.807) is 0 Å². The molecule has 6 heterocycles. The Hall–Kier alpha value is -3.24. The molecule has 4 aliphatic rings. The zero-order valence-electron chi connectivity index (χ0n) is 22.2. The van der Waals surface area contributed by atoms with Gasteiger partial charge < -0.3 is 25.2 Å². The van der Waals surface area contributed by atoms with E-state index in [1.165, 1.54) is 16.8 Å². The van der Waals surface area contributed by atoms with Crippen molar-refractivity contribution in [1.29, 1.82) is 0 Å². The summed E-state index contributed by atoms with van der Waals surface area (Å²) >= 11 is 0. The molecule has 4 aliphatic heterocycles. The third-order valence-electron chi connectivity index (χ3n) is 9.49. The van der Waals surface area contributed by atoms with E-state index in [2.05, 4.69) is 40.0 Å². The molecule has 0 radical (unpaired) electrons. The van der Waals surface area contributed by atoms with Crippen LogP contribution in [0.25, 0.3) is 11.2 Å². The van der Waals surface area contributed by atoms with Gasteiger partial charge in [0.2, 0.25) is 5.91 Å². The van der Waals surface area contributed by atoms with Crippen LogP contribution in [0.1, 0.15) is 49.7 Å². The molecule has 0 aliphatic carbocycles. The Labute approximate surface area is 222 Å². The summed E-state index contributed by atoms with van der Waals surface area (Å²) in [6.45, 7) is 6.28. The molecule has 0 bridgehead atoms. The molecule has 3 atom stereocenters. The van der Waals surface area contributed by atoms with Gasteiger partial charge in [0, 0.05) is 62.7 Å². The second-order valence-corrected chi connectivity index (χ2v) is 11.6. The fraction of sp³-hybridized carbons (Fsp3) is 0.571. The highest BCUT2D eigenvalue weighted by molar-refractivity contribution is 5.88. The smallest absolute Gasteiger partial charge is 0.223 e. The van der Waals surface area contributed by atoms with Crippen LogP contribution in [0.15, 0.2) is 24.4 Å². The third kappa shape index (κ3) is 3.68. The summed E-state index contributed by atoms with van der Waals surface area (Å²) in [6, 6.07) is 6.57. The fourth-order valence-corrected chi connectivity index (χ4v) is 7.10. The number of carbonyl (C=O) groups excluding carboxylic acids is 1. The van der Waals surface area contributed by atoms with Crippen molar-refractivity contribution in [2.75, 3.05) is 49.6 Å². The van der Waals surface area contributed by atoms with Gasteiger partial charge in [-0.25, -0.2) is 9.97 Å². The molecular formula is C28H36N8O2. The zero-order chi connectivity index (χ0) is 26.0. The van der Waals surface area contributed by atoms with Crippen LogP contribution in [0.2, 0.25) is 0 Å². The monoisotopic (exact) mass is 516 g/mol. The minimum absolute atomic E-state index is 0.0797. The molecular weight excluding hydrogens is 480 g/mol. The average Bonchev–Trinajstić information content (AvgIpc) is 3.60. The van der Waals surface area contributed by atoms with Crippen molar-refractivity contribution >= 4 is 34.4 Å². The lowest BCUT2D eigenvalue weighted by molar-refractivity contribution is -0.126. The fourth-order valence-electron chi connectivity index (χ4n) is 7.10. The van der Waals surface area contributed by atoms with E-state index >= 15 is 0 Å². The Morgan fingerprint density at radius 2 is 2.05 bits per heavy atom. The summed E-state index contributed by atoms with van der Waals surface area (Å²) in [5, 5.41) is 7.85. The quantitative estimate of drug-likeness (QED) is 0.546. The molecule has 10 heteroatoms. The first-order valence-corrected chi connectivity index (χ1v) is 13.9. The Morgan fingerprint density at radius 3 is 2.79 bits per heavy atom. The molecule has 1 amide bonds. The van der Waals surface area contributed by atoms with E-state index in [1.807, 2.05) is 18.1 Å². The minimum atomic E-state index is 0.0797. The number of ether oxygens (including phenoxy) is 1. The molecule has 38 heavy (non-hydrogen) atoms. The van der Waals surface area contributed by atoms with Crippen LogP contribution >= 0.6 is 0 Å². The maximum Gasteiger partial charge on any atom is 0.223 e. The predicted octanol–water partition coefficient (Wildman–Crippen LogP) is 2.72. The summed E-state index contributed by atoms with van der Waals surface area (Å²) in [5.74, 6) is 2.16. The number of nitrogens with two attached hydrogens (primary N) is 1. The van der Waals surface area contributed by atoms with E-state index in [-0.39, 0.29) is 29.4 Å². The second kappa shape index (κ2) is 8.91. The average molecular weight is 517 g/mol. The highest BCUT2D eigenvalue weighted by atomic mass is 16.5. The number of likely N-dealkylation sites (tertiary alicyclic amines) is 1. The zero-order valence-corrected chi connectivity index (χ0v) is 22.2. The summed E-state index contributed by atoms with van der Waals surface area (Å²) in [6.07, 6.45) is 6.64. The molecule has 10 nitrogen and oxygen atoms in total. The summed E-state index contributed by atoms with van der Waals surface area (Å²) in [7, 11) is 1.90. The Kier molecular flexibility index (Phi) is 5.59. The number of likely N-dealkylation sites (N-methyl/N-ethyl adjacent to an activating group) is 1. The van der Waals surface area contributed by atoms with Gasteiger partial charge in [0.25, 0.3) is 0 Å². The number of amides is 1. The summed E-state index contributed by atoms with van der Waals surface area (Å²) in [5.41, 5.74) is 11.9. The highest BCUT2D eigenvalue weighted by Gasteiger charge is 2.47. The first-order valence-electron chi connectivity index (χ1n) is 13.9. The van der Waals surface area contributed by atoms with Gasteiger partial charge in [-0.15, -0.1) is 0 Å². The summed E-state index contributed by atoms with van der Waals surface area (Å²) in [4.78, 5) is 28.4. The maximum absolute atomic E-state index is 12.2. The van der Waals surface area contributed by atoms with Gasteiger partial charge in [0.15, 0.2) is 17.0 Å². The third-order valence-corrected chi connectivity index (χ3v) is 9.49. The molecule has 1 spiro atoms. The molecule has 3 saturated heterocycles. The molecule has 2 aromatic heterocycles. The first kappa shape index (κ1) is 23.8. The number of hydrogen-bond donors (Lipinski definition) is 2. The SMILES string of the molecule is C[C@@H]1OCC2(CCN(c3cnc4c(N5CCCc6c([C@H]7CC(=O)N(C)C7)cccc65)n[nH]c4n3)CC2)[C@@H]1N. The van der Waals surface area contributed by atoms with E-state index < -0.39 is 0 Å². The van der Waals surface area contributed by atoms with Crippen molar-refractivity contribution < 1.29 is 9.53 Å². The lowest BCUT2D eigenvalue weighted by atomic mass is 9.73. The van der Waals surface area contributed by atoms with Crippen LogP contribution in [-0.4, -0.2) is 83.0 Å². The number of piperidine rings is 1. The number of benzene rings is 1. The molecule has 3 N–H and O–H groups in total. The molecule has 200 valence electrons. The van der Waals surface area contributed by atoms with E-state index in [0.29, 0.717) is 12.1 Å². The maximum atomic E-state index is 12.2. The molecule has 7 rings (SSSR count). The van der Waals surface area contributed by atoms with Crippen molar-refractivity contribution in [3.8, 4) is 0 Å². The Bertz CT molecular complexity index is 1380. The number of fused-ring (bicyclic) bond motifs is 2. The lowest BCUT2D eigenvalue weighted by Crippen LogP contribution is -2.50. The first-order chi connectivity index (χ1) is 18.4. The Morgan fingerprint density at radius 1 is 1.21 bits per heavy atom. The number of carbonyl (C=O) groups is 1. The topological polar surface area (TPSA) is 116 Å². The van der Waals surface area contributed by atoms with Gasteiger partial charge in [-0.2, -0.15) is 5.10 Å². The number of rotatable bonds is 3. The van der Waals surface area contributed by atoms with Gasteiger partial charge >= 0.3 is 0 Å². The van der Waals surface area contributed by atoms with Crippen LogP contribution in [-0.2, 0) is 16.0 Å². The number of nitrogens with zero attached hydrogens (tertiary/aromatic N) is 6. The van der Waals surface area contributed by atoms with E-state index in [0.717, 1.165) is 75.6 Å². The molecule has 0 unspecified atom stereocenters. The number of hydrogen-bond acceptors (Lipinski definition) is 8. The van der Waals surface area contributed by atoms with Gasteiger partial charge in [0.05, 0.1) is 18.9 Å². The number of aromatic nitrogens is 4. The number of anilines is 3. The van der Waals surface area contributed by atoms with Crippen LogP contribution in [0.4, 0.5) is 17.3 Å².